The van der Waals surface area contributed by atoms with Gasteiger partial charge in [0.25, 0.3) is 0 Å². The first-order valence-corrected chi connectivity index (χ1v) is 8.32. The van der Waals surface area contributed by atoms with Gasteiger partial charge in [0.1, 0.15) is 5.56 Å². The first-order chi connectivity index (χ1) is 13.4. The number of methoxy groups -OCH3 is 1. The Hall–Kier alpha value is -3.24. The molecule has 0 saturated carbocycles. The molecule has 0 aliphatic carbocycles. The predicted molar refractivity (Wildman–Crippen MR) is 99.9 cm³/mol. The maximum absolute atomic E-state index is 11.0. The summed E-state index contributed by atoms with van der Waals surface area (Å²) in [5.41, 5.74) is 1.13. The Morgan fingerprint density at radius 2 is 1.68 bits per heavy atom. The summed E-state index contributed by atoms with van der Waals surface area (Å²) in [5, 5.41) is 33.7. The summed E-state index contributed by atoms with van der Waals surface area (Å²) in [6.07, 6.45) is 11.2. The van der Waals surface area contributed by atoms with Gasteiger partial charge >= 0.3 is 11.9 Å². The number of aromatic carboxylic acids is 1. The van der Waals surface area contributed by atoms with E-state index < -0.39 is 11.9 Å². The molecular formula is C18H24N4O6. The van der Waals surface area contributed by atoms with Crippen LogP contribution < -0.4 is 0 Å². The van der Waals surface area contributed by atoms with Crippen LogP contribution in [0.2, 0.25) is 0 Å². The summed E-state index contributed by atoms with van der Waals surface area (Å²) in [7, 11) is 1.32. The molecule has 152 valence electrons. The van der Waals surface area contributed by atoms with Crippen molar-refractivity contribution >= 4 is 11.9 Å². The molecule has 2 aromatic rings. The number of carbonyl (C=O) groups excluding carboxylic acids is 1. The van der Waals surface area contributed by atoms with Crippen molar-refractivity contribution in [2.45, 2.75) is 20.0 Å². The van der Waals surface area contributed by atoms with Gasteiger partial charge in [0.15, 0.2) is 0 Å². The van der Waals surface area contributed by atoms with E-state index in [-0.39, 0.29) is 18.8 Å². The van der Waals surface area contributed by atoms with E-state index >= 15 is 0 Å². The average Bonchev–Trinajstić information content (AvgIpc) is 3.29. The fourth-order valence-electron chi connectivity index (χ4n) is 2.02. The molecule has 0 aromatic carbocycles. The number of esters is 1. The van der Waals surface area contributed by atoms with Crippen molar-refractivity contribution in [3.63, 3.8) is 0 Å². The topological polar surface area (TPSA) is 140 Å². The van der Waals surface area contributed by atoms with E-state index in [1.54, 1.807) is 42.1 Å². The van der Waals surface area contributed by atoms with E-state index in [0.717, 1.165) is 0 Å². The second kappa shape index (κ2) is 12.2. The van der Waals surface area contributed by atoms with Crippen molar-refractivity contribution in [2.75, 3.05) is 20.3 Å². The largest absolute Gasteiger partial charge is 0.478 e. The van der Waals surface area contributed by atoms with Gasteiger partial charge in [-0.15, -0.1) is 0 Å². The summed E-state index contributed by atoms with van der Waals surface area (Å²) in [4.78, 5) is 21.7. The monoisotopic (exact) mass is 392 g/mol. The summed E-state index contributed by atoms with van der Waals surface area (Å²) in [5.74, 6) is -1.37. The third-order valence-electron chi connectivity index (χ3n) is 3.36. The summed E-state index contributed by atoms with van der Waals surface area (Å²) in [6.45, 7) is 2.62. The number of carbonyl (C=O) groups is 2. The standard InChI is InChI=1S/2C9H12N2O3/c1-14-9(13)8-6-10-11(7-8)4-2-3-5-12;1-7-8(9(13)14)6-11(10-7)4-2-3-5-12/h2-3,6-7,12H,4-5H2,1H3;2-3,6,12H,4-5H2,1H3,(H,13,14)/b2*3-2-. The molecule has 0 spiro atoms. The molecular weight excluding hydrogens is 368 g/mol. The highest BCUT2D eigenvalue weighted by atomic mass is 16.5. The minimum Gasteiger partial charge on any atom is -0.478 e. The maximum Gasteiger partial charge on any atom is 0.341 e. The number of nitrogens with zero attached hydrogens (tertiary/aromatic N) is 4. The number of hydrogen-bond acceptors (Lipinski definition) is 7. The van der Waals surface area contributed by atoms with Crippen molar-refractivity contribution in [3.05, 3.63) is 59.7 Å². The van der Waals surface area contributed by atoms with E-state index in [9.17, 15) is 9.59 Å². The van der Waals surface area contributed by atoms with E-state index in [2.05, 4.69) is 14.9 Å². The fourth-order valence-corrected chi connectivity index (χ4v) is 2.02. The molecule has 0 aliphatic heterocycles. The minimum absolute atomic E-state index is 0.00509. The average molecular weight is 392 g/mol. The van der Waals surface area contributed by atoms with E-state index in [1.165, 1.54) is 24.2 Å². The van der Waals surface area contributed by atoms with Crippen LogP contribution in [-0.2, 0) is 17.8 Å². The quantitative estimate of drug-likeness (QED) is 0.440. The Bertz CT molecular complexity index is 822. The smallest absolute Gasteiger partial charge is 0.341 e. The zero-order valence-electron chi connectivity index (χ0n) is 15.7. The van der Waals surface area contributed by atoms with Gasteiger partial charge < -0.3 is 20.1 Å². The number of hydrogen-bond donors (Lipinski definition) is 3. The van der Waals surface area contributed by atoms with Crippen LogP contribution in [0.1, 0.15) is 26.4 Å². The molecule has 0 saturated heterocycles. The Kier molecular flexibility index (Phi) is 9.94. The van der Waals surface area contributed by atoms with Crippen LogP contribution in [0, 0.1) is 6.92 Å². The van der Waals surface area contributed by atoms with Gasteiger partial charge in [0.05, 0.1) is 50.9 Å². The molecule has 0 unspecified atom stereocenters. The van der Waals surface area contributed by atoms with Gasteiger partial charge in [-0.05, 0) is 6.92 Å². The second-order valence-corrected chi connectivity index (χ2v) is 5.41. The van der Waals surface area contributed by atoms with Crippen LogP contribution >= 0.6 is 0 Å². The highest BCUT2D eigenvalue weighted by molar-refractivity contribution is 5.88. The first-order valence-electron chi connectivity index (χ1n) is 8.32. The second-order valence-electron chi connectivity index (χ2n) is 5.41. The number of ether oxygens (including phenoxy) is 1. The van der Waals surface area contributed by atoms with Crippen molar-refractivity contribution in [1.29, 1.82) is 0 Å². The summed E-state index contributed by atoms with van der Waals surface area (Å²) < 4.78 is 7.63. The lowest BCUT2D eigenvalue weighted by Crippen LogP contribution is -1.99. The van der Waals surface area contributed by atoms with Crippen molar-refractivity contribution in [2.24, 2.45) is 0 Å². The normalized spacial score (nSPS) is 10.9. The lowest BCUT2D eigenvalue weighted by Gasteiger charge is -1.93. The lowest BCUT2D eigenvalue weighted by atomic mass is 10.3. The molecule has 2 rings (SSSR count). The zero-order valence-corrected chi connectivity index (χ0v) is 15.7. The third kappa shape index (κ3) is 7.56. The fraction of sp³-hybridized carbons (Fsp3) is 0.333. The molecule has 0 fully saturated rings. The van der Waals surface area contributed by atoms with Gasteiger partial charge in [0.2, 0.25) is 0 Å². The number of allylic oxidation sites excluding steroid dienone is 2. The van der Waals surface area contributed by atoms with E-state index in [1.807, 2.05) is 0 Å². The first kappa shape index (κ1) is 22.8. The molecule has 0 radical (unpaired) electrons. The lowest BCUT2D eigenvalue weighted by molar-refractivity contribution is 0.0599. The molecule has 0 amide bonds. The molecule has 10 heteroatoms. The predicted octanol–water partition coefficient (Wildman–Crippen LogP) is 0.656. The summed E-state index contributed by atoms with van der Waals surface area (Å²) in [6, 6.07) is 0. The highest BCUT2D eigenvalue weighted by Gasteiger charge is 2.10. The summed E-state index contributed by atoms with van der Waals surface area (Å²) >= 11 is 0. The molecule has 0 bridgehead atoms. The van der Waals surface area contributed by atoms with Crippen molar-refractivity contribution in [1.82, 2.24) is 19.6 Å². The third-order valence-corrected chi connectivity index (χ3v) is 3.36. The van der Waals surface area contributed by atoms with Crippen LogP contribution in [0.25, 0.3) is 0 Å². The Morgan fingerprint density at radius 1 is 1.07 bits per heavy atom. The van der Waals surface area contributed by atoms with Crippen LogP contribution in [0.15, 0.2) is 42.9 Å². The Labute approximate surface area is 162 Å². The molecule has 3 N–H and O–H groups in total. The van der Waals surface area contributed by atoms with Crippen molar-refractivity contribution < 1.29 is 29.6 Å². The number of carboxylic acid groups (broad SMARTS) is 1. The van der Waals surface area contributed by atoms with E-state index in [0.29, 0.717) is 24.3 Å². The zero-order chi connectivity index (χ0) is 20.9. The molecule has 0 atom stereocenters. The number of aryl methyl sites for hydroxylation is 1. The minimum atomic E-state index is -0.972. The number of carboxylic acids is 1. The van der Waals surface area contributed by atoms with Crippen LogP contribution in [0.3, 0.4) is 0 Å². The molecule has 10 nitrogen and oxygen atoms in total. The Balaban J connectivity index is 0.000000280. The number of rotatable bonds is 8. The van der Waals surface area contributed by atoms with Gasteiger partial charge in [-0.1, -0.05) is 24.3 Å². The molecule has 2 aromatic heterocycles. The molecule has 0 aliphatic rings. The van der Waals surface area contributed by atoms with Crippen molar-refractivity contribution in [3.8, 4) is 0 Å². The van der Waals surface area contributed by atoms with Crippen LogP contribution in [0.5, 0.6) is 0 Å². The van der Waals surface area contributed by atoms with E-state index in [4.69, 9.17) is 15.3 Å². The Morgan fingerprint density at radius 3 is 2.18 bits per heavy atom. The maximum atomic E-state index is 11.0. The highest BCUT2D eigenvalue weighted by Crippen LogP contribution is 2.05. The van der Waals surface area contributed by atoms with Gasteiger partial charge in [-0.3, -0.25) is 9.36 Å². The SMILES string of the molecule is COC(=O)c1cnn(C/C=C\CO)c1.Cc1nn(C/C=C\CO)cc1C(=O)O. The number of aromatic nitrogens is 4. The number of aliphatic hydroxyl groups excluding tert-OH is 2. The van der Waals surface area contributed by atoms with Crippen LogP contribution in [-0.4, -0.2) is 67.1 Å². The number of aliphatic hydroxyl groups is 2. The van der Waals surface area contributed by atoms with Gasteiger partial charge in [-0.25, -0.2) is 9.59 Å². The molecule has 28 heavy (non-hydrogen) atoms. The van der Waals surface area contributed by atoms with Gasteiger partial charge in [0, 0.05) is 12.4 Å². The molecule has 2 heterocycles. The van der Waals surface area contributed by atoms with Crippen LogP contribution in [0.4, 0.5) is 0 Å². The van der Waals surface area contributed by atoms with Gasteiger partial charge in [-0.2, -0.15) is 10.2 Å².